The quantitative estimate of drug-likeness (QED) is 0.491. The number of fused-ring (bicyclic) bond motifs is 1. The average Bonchev–Trinajstić information content (AvgIpc) is 2.83. The molecule has 1 unspecified atom stereocenters. The van der Waals surface area contributed by atoms with Crippen molar-refractivity contribution in [2.75, 3.05) is 0 Å². The summed E-state index contributed by atoms with van der Waals surface area (Å²) in [6.07, 6.45) is 2.15. The van der Waals surface area contributed by atoms with Gasteiger partial charge in [-0.3, -0.25) is 0 Å². The predicted octanol–water partition coefficient (Wildman–Crippen LogP) is 1.88. The maximum atomic E-state index is 12.4. The Labute approximate surface area is 138 Å². The molecule has 1 atom stereocenters. The van der Waals surface area contributed by atoms with Crippen LogP contribution in [0.25, 0.3) is 6.08 Å². The van der Waals surface area contributed by atoms with Crippen molar-refractivity contribution in [1.29, 1.82) is 0 Å². The van der Waals surface area contributed by atoms with Crippen molar-refractivity contribution < 1.29 is 34.1 Å². The molecule has 2 N–H and O–H groups in total. The maximum Gasteiger partial charge on any atom is 0.363 e. The molecule has 128 valence electrons. The number of carboxylic acid groups (broad SMARTS) is 2. The van der Waals surface area contributed by atoms with E-state index in [-0.39, 0.29) is 12.2 Å². The van der Waals surface area contributed by atoms with Gasteiger partial charge in [-0.1, -0.05) is 6.07 Å². The second-order valence-corrected chi connectivity index (χ2v) is 6.45. The zero-order valence-corrected chi connectivity index (χ0v) is 13.5. The molecule has 0 amide bonds. The van der Waals surface area contributed by atoms with Crippen LogP contribution in [0.2, 0.25) is 0 Å². The number of hydrogen-bond donors (Lipinski definition) is 2. The van der Waals surface area contributed by atoms with Gasteiger partial charge >= 0.3 is 23.5 Å². The van der Waals surface area contributed by atoms with Crippen molar-refractivity contribution in [2.45, 2.75) is 38.4 Å². The molecule has 1 aromatic rings. The van der Waals surface area contributed by atoms with E-state index in [1.165, 1.54) is 12.1 Å². The van der Waals surface area contributed by atoms with Gasteiger partial charge in [-0.25, -0.2) is 14.4 Å². The number of hydrogen-bond acceptors (Lipinski definition) is 5. The summed E-state index contributed by atoms with van der Waals surface area (Å²) in [6.45, 7) is 4.91. The van der Waals surface area contributed by atoms with Gasteiger partial charge < -0.3 is 19.7 Å². The molecule has 24 heavy (non-hydrogen) atoms. The molecule has 0 spiro atoms. The third kappa shape index (κ3) is 3.56. The van der Waals surface area contributed by atoms with Crippen LogP contribution in [0.4, 0.5) is 0 Å². The van der Waals surface area contributed by atoms with E-state index in [0.717, 1.165) is 6.08 Å². The van der Waals surface area contributed by atoms with Crippen molar-refractivity contribution in [3.8, 4) is 5.75 Å². The minimum Gasteiger partial charge on any atom is -0.478 e. The summed E-state index contributed by atoms with van der Waals surface area (Å²) in [5, 5.41) is 18.2. The molecular weight excluding hydrogens is 316 g/mol. The minimum atomic E-state index is -2.13. The number of carbonyl (C=O) groups excluding carboxylic acids is 1. The molecule has 7 heteroatoms. The summed E-state index contributed by atoms with van der Waals surface area (Å²) in [7, 11) is 0. The van der Waals surface area contributed by atoms with Crippen LogP contribution >= 0.6 is 0 Å². The normalized spacial score (nSPS) is 19.6. The minimum absolute atomic E-state index is 0.193. The second-order valence-electron chi connectivity index (χ2n) is 6.45. The summed E-state index contributed by atoms with van der Waals surface area (Å²) in [5.74, 6) is -3.24. The van der Waals surface area contributed by atoms with Gasteiger partial charge in [-0.15, -0.1) is 0 Å². The number of carbonyl (C=O) groups is 3. The lowest BCUT2D eigenvalue weighted by Gasteiger charge is -2.27. The topological polar surface area (TPSA) is 110 Å². The monoisotopic (exact) mass is 334 g/mol. The van der Waals surface area contributed by atoms with Crippen LogP contribution in [-0.4, -0.2) is 39.3 Å². The standard InChI is InChI=1S/C17H18O7/c1-16(2,3)24-15(22)17(14(20)21)9-11-8-10(5-7-13(18)19)4-6-12(11)23-17/h4-8H,9H2,1-3H3,(H,18,19)(H,20,21). The first kappa shape index (κ1) is 17.5. The first-order chi connectivity index (χ1) is 11.0. The Morgan fingerprint density at radius 2 is 1.92 bits per heavy atom. The summed E-state index contributed by atoms with van der Waals surface area (Å²) >= 11 is 0. The number of carboxylic acids is 2. The smallest absolute Gasteiger partial charge is 0.363 e. The van der Waals surface area contributed by atoms with Crippen molar-refractivity contribution in [3.05, 3.63) is 35.4 Å². The predicted molar refractivity (Wildman–Crippen MR) is 83.7 cm³/mol. The average molecular weight is 334 g/mol. The highest BCUT2D eigenvalue weighted by atomic mass is 16.6. The van der Waals surface area contributed by atoms with E-state index >= 15 is 0 Å². The lowest BCUT2D eigenvalue weighted by atomic mass is 9.96. The number of rotatable bonds is 4. The molecule has 1 heterocycles. The number of ether oxygens (including phenoxy) is 2. The molecule has 0 aliphatic carbocycles. The molecule has 7 nitrogen and oxygen atoms in total. The number of benzene rings is 1. The number of aliphatic carboxylic acids is 2. The van der Waals surface area contributed by atoms with E-state index in [1.807, 2.05) is 0 Å². The van der Waals surface area contributed by atoms with Crippen molar-refractivity contribution >= 4 is 24.0 Å². The van der Waals surface area contributed by atoms with Crippen LogP contribution in [-0.2, 0) is 25.5 Å². The Hall–Kier alpha value is -2.83. The van der Waals surface area contributed by atoms with Crippen molar-refractivity contribution in [1.82, 2.24) is 0 Å². The van der Waals surface area contributed by atoms with E-state index in [2.05, 4.69) is 0 Å². The van der Waals surface area contributed by atoms with E-state index in [1.54, 1.807) is 32.9 Å². The third-order valence-electron chi connectivity index (χ3n) is 3.30. The molecule has 0 saturated carbocycles. The molecule has 1 aliphatic heterocycles. The van der Waals surface area contributed by atoms with Crippen LogP contribution < -0.4 is 4.74 Å². The lowest BCUT2D eigenvalue weighted by molar-refractivity contribution is -0.182. The van der Waals surface area contributed by atoms with Crippen LogP contribution in [0.3, 0.4) is 0 Å². The molecule has 1 aromatic carbocycles. The Kier molecular flexibility index (Phi) is 4.38. The van der Waals surface area contributed by atoms with Gasteiger partial charge in [-0.2, -0.15) is 0 Å². The van der Waals surface area contributed by atoms with Crippen LogP contribution in [0.5, 0.6) is 5.75 Å². The van der Waals surface area contributed by atoms with E-state index in [0.29, 0.717) is 11.1 Å². The third-order valence-corrected chi connectivity index (χ3v) is 3.30. The van der Waals surface area contributed by atoms with Gasteiger partial charge in [0.1, 0.15) is 11.4 Å². The van der Waals surface area contributed by atoms with Gasteiger partial charge in [0, 0.05) is 18.1 Å². The Morgan fingerprint density at radius 3 is 2.46 bits per heavy atom. The van der Waals surface area contributed by atoms with Gasteiger partial charge in [0.2, 0.25) is 0 Å². The fraction of sp³-hybridized carbons (Fsp3) is 0.353. The Balaban J connectivity index is 2.33. The molecule has 0 radical (unpaired) electrons. The molecule has 0 saturated heterocycles. The Bertz CT molecular complexity index is 727. The SMILES string of the molecule is CC(C)(C)OC(=O)C1(C(=O)O)Cc2cc(C=CC(=O)O)ccc2O1. The molecule has 0 bridgehead atoms. The highest BCUT2D eigenvalue weighted by Gasteiger charge is 2.55. The van der Waals surface area contributed by atoms with Gasteiger partial charge in [-0.05, 0) is 44.5 Å². The van der Waals surface area contributed by atoms with Gasteiger partial charge in [0.05, 0.1) is 0 Å². The highest BCUT2D eigenvalue weighted by Crippen LogP contribution is 2.37. The van der Waals surface area contributed by atoms with E-state index in [9.17, 15) is 19.5 Å². The van der Waals surface area contributed by atoms with Crippen molar-refractivity contribution in [2.24, 2.45) is 0 Å². The molecule has 0 fully saturated rings. The molecular formula is C17H18O7. The summed E-state index contributed by atoms with van der Waals surface area (Å²) < 4.78 is 10.6. The van der Waals surface area contributed by atoms with Crippen LogP contribution in [0.1, 0.15) is 31.9 Å². The summed E-state index contributed by atoms with van der Waals surface area (Å²) in [6, 6.07) is 4.67. The summed E-state index contributed by atoms with van der Waals surface area (Å²) in [5.41, 5.74) is -1.93. The molecule has 2 rings (SSSR count). The first-order valence-corrected chi connectivity index (χ1v) is 7.23. The van der Waals surface area contributed by atoms with E-state index < -0.39 is 29.1 Å². The van der Waals surface area contributed by atoms with Gasteiger partial charge in [0.25, 0.3) is 0 Å². The van der Waals surface area contributed by atoms with Crippen LogP contribution in [0, 0.1) is 0 Å². The van der Waals surface area contributed by atoms with Crippen molar-refractivity contribution in [3.63, 3.8) is 0 Å². The number of esters is 1. The molecule has 0 aromatic heterocycles. The zero-order chi connectivity index (χ0) is 18.1. The van der Waals surface area contributed by atoms with Crippen LogP contribution in [0.15, 0.2) is 24.3 Å². The maximum absolute atomic E-state index is 12.4. The molecule has 1 aliphatic rings. The highest BCUT2D eigenvalue weighted by molar-refractivity contribution is 6.04. The fourth-order valence-corrected chi connectivity index (χ4v) is 2.28. The van der Waals surface area contributed by atoms with Gasteiger partial charge in [0.15, 0.2) is 0 Å². The zero-order valence-electron chi connectivity index (χ0n) is 13.5. The first-order valence-electron chi connectivity index (χ1n) is 7.23. The fourth-order valence-electron chi connectivity index (χ4n) is 2.28. The lowest BCUT2D eigenvalue weighted by Crippen LogP contribution is -2.53. The second kappa shape index (κ2) is 5.99. The van der Waals surface area contributed by atoms with E-state index in [4.69, 9.17) is 14.6 Å². The Morgan fingerprint density at radius 1 is 1.25 bits per heavy atom. The largest absolute Gasteiger partial charge is 0.478 e. The summed E-state index contributed by atoms with van der Waals surface area (Å²) in [4.78, 5) is 34.6.